The fourth-order valence-electron chi connectivity index (χ4n) is 3.64. The summed E-state index contributed by atoms with van der Waals surface area (Å²) < 4.78 is 56.6. The van der Waals surface area contributed by atoms with Gasteiger partial charge in [0, 0.05) is 5.56 Å². The molecule has 1 aromatic carbocycles. The Labute approximate surface area is 200 Å². The zero-order valence-corrected chi connectivity index (χ0v) is 20.4. The second-order valence-corrected chi connectivity index (χ2v) is 8.80. The summed E-state index contributed by atoms with van der Waals surface area (Å²) in [5.74, 6) is -3.03. The Morgan fingerprint density at radius 2 is 1.38 bits per heavy atom. The zero-order valence-electron chi connectivity index (χ0n) is 20.4. The Bertz CT molecular complexity index is 737. The molecular weight excluding hydrogens is 450 g/mol. The van der Waals surface area contributed by atoms with E-state index in [1.165, 1.54) is 71.1 Å². The van der Waals surface area contributed by atoms with Crippen molar-refractivity contribution >= 4 is 11.9 Å². The molecule has 8 heteroatoms. The molecule has 0 aromatic heterocycles. The highest BCUT2D eigenvalue weighted by atomic mass is 19.4. The van der Waals surface area contributed by atoms with Crippen LogP contribution in [0.2, 0.25) is 0 Å². The first kappa shape index (κ1) is 29.9. The number of unbranched alkanes of at least 4 members (excludes halogenated alkanes) is 12. The lowest BCUT2D eigenvalue weighted by Gasteiger charge is -2.14. The van der Waals surface area contributed by atoms with Gasteiger partial charge in [0.1, 0.15) is 11.9 Å². The van der Waals surface area contributed by atoms with E-state index in [0.29, 0.717) is 12.1 Å². The molecule has 0 saturated heterocycles. The summed E-state index contributed by atoms with van der Waals surface area (Å²) in [6, 6.07) is 0.873. The minimum Gasteiger partial charge on any atom is -0.464 e. The van der Waals surface area contributed by atoms with E-state index in [9.17, 15) is 27.2 Å². The first-order valence-electron chi connectivity index (χ1n) is 12.5. The quantitative estimate of drug-likeness (QED) is 0.139. The SMILES string of the molecule is CCCCCCCCCCCCCCCOC(=O)C(C)NC(=O)c1ccc(C(F)(F)F)c(F)c1. The van der Waals surface area contributed by atoms with Crippen LogP contribution in [-0.4, -0.2) is 24.5 Å². The summed E-state index contributed by atoms with van der Waals surface area (Å²) in [7, 11) is 0. The van der Waals surface area contributed by atoms with Gasteiger partial charge < -0.3 is 10.1 Å². The van der Waals surface area contributed by atoms with Gasteiger partial charge in [0.25, 0.3) is 5.91 Å². The van der Waals surface area contributed by atoms with E-state index in [-0.39, 0.29) is 12.2 Å². The molecule has 0 heterocycles. The number of rotatable bonds is 17. The molecular formula is C26H39F4NO3. The van der Waals surface area contributed by atoms with Crippen molar-refractivity contribution in [2.45, 2.75) is 110 Å². The third-order valence-corrected chi connectivity index (χ3v) is 5.73. The maximum atomic E-state index is 13.6. The summed E-state index contributed by atoms with van der Waals surface area (Å²) in [6.45, 7) is 3.88. The predicted octanol–water partition coefficient (Wildman–Crippen LogP) is 7.60. The molecule has 0 aliphatic carbocycles. The Morgan fingerprint density at radius 1 is 0.882 bits per heavy atom. The van der Waals surface area contributed by atoms with Gasteiger partial charge in [0.05, 0.1) is 12.2 Å². The molecule has 1 unspecified atom stereocenters. The summed E-state index contributed by atoms with van der Waals surface area (Å²) in [4.78, 5) is 24.1. The van der Waals surface area contributed by atoms with Gasteiger partial charge in [0.2, 0.25) is 0 Å². The number of carbonyl (C=O) groups excluding carboxylic acids is 2. The van der Waals surface area contributed by atoms with Crippen molar-refractivity contribution in [1.82, 2.24) is 5.32 Å². The van der Waals surface area contributed by atoms with E-state index in [1.807, 2.05) is 0 Å². The second-order valence-electron chi connectivity index (χ2n) is 8.80. The highest BCUT2D eigenvalue weighted by Crippen LogP contribution is 2.31. The van der Waals surface area contributed by atoms with Gasteiger partial charge in [-0.1, -0.05) is 84.0 Å². The molecule has 1 N–H and O–H groups in total. The Balaban J connectivity index is 2.13. The van der Waals surface area contributed by atoms with Crippen molar-refractivity contribution in [3.8, 4) is 0 Å². The Kier molecular flexibility index (Phi) is 14.5. The maximum absolute atomic E-state index is 13.6. The topological polar surface area (TPSA) is 55.4 Å². The number of alkyl halides is 3. The molecule has 0 spiro atoms. The van der Waals surface area contributed by atoms with Crippen molar-refractivity contribution in [3.63, 3.8) is 0 Å². The molecule has 194 valence electrons. The highest BCUT2D eigenvalue weighted by molar-refractivity contribution is 5.96. The van der Waals surface area contributed by atoms with Gasteiger partial charge in [-0.25, -0.2) is 9.18 Å². The van der Waals surface area contributed by atoms with E-state index in [2.05, 4.69) is 12.2 Å². The molecule has 1 amide bonds. The van der Waals surface area contributed by atoms with Crippen LogP contribution in [0, 0.1) is 5.82 Å². The van der Waals surface area contributed by atoms with Crippen molar-refractivity contribution in [1.29, 1.82) is 0 Å². The van der Waals surface area contributed by atoms with Gasteiger partial charge in [-0.2, -0.15) is 13.2 Å². The number of nitrogens with one attached hydrogen (secondary N) is 1. The van der Waals surface area contributed by atoms with Gasteiger partial charge in [-0.3, -0.25) is 4.79 Å². The van der Waals surface area contributed by atoms with Crippen LogP contribution in [-0.2, 0) is 15.7 Å². The summed E-state index contributed by atoms with van der Waals surface area (Å²) in [6.07, 6.45) is 10.9. The van der Waals surface area contributed by atoms with E-state index >= 15 is 0 Å². The lowest BCUT2D eigenvalue weighted by Crippen LogP contribution is -2.39. The second kappa shape index (κ2) is 16.5. The van der Waals surface area contributed by atoms with Crippen LogP contribution in [0.25, 0.3) is 0 Å². The standard InChI is InChI=1S/C26H39F4NO3/c1-3-4-5-6-7-8-9-10-11-12-13-14-15-18-34-25(33)20(2)31-24(32)21-16-17-22(23(27)19-21)26(28,29)30/h16-17,19-20H,3-15,18H2,1-2H3,(H,31,32). The molecule has 4 nitrogen and oxygen atoms in total. The smallest absolute Gasteiger partial charge is 0.419 e. The number of hydrogen-bond acceptors (Lipinski definition) is 3. The lowest BCUT2D eigenvalue weighted by molar-refractivity contribution is -0.145. The minimum absolute atomic E-state index is 0.242. The van der Waals surface area contributed by atoms with Crippen molar-refractivity contribution < 1.29 is 31.9 Å². The van der Waals surface area contributed by atoms with Crippen LogP contribution in [0.15, 0.2) is 18.2 Å². The number of carbonyl (C=O) groups is 2. The summed E-state index contributed by atoms with van der Waals surface area (Å²) in [5.41, 5.74) is -1.75. The first-order valence-corrected chi connectivity index (χ1v) is 12.5. The Morgan fingerprint density at radius 3 is 1.85 bits per heavy atom. The average molecular weight is 490 g/mol. The first-order chi connectivity index (χ1) is 16.2. The van der Waals surface area contributed by atoms with Gasteiger partial charge >= 0.3 is 12.1 Å². The van der Waals surface area contributed by atoms with Crippen molar-refractivity contribution in [3.05, 3.63) is 35.1 Å². The van der Waals surface area contributed by atoms with E-state index in [4.69, 9.17) is 4.74 Å². The van der Waals surface area contributed by atoms with Crippen LogP contribution in [0.4, 0.5) is 17.6 Å². The highest BCUT2D eigenvalue weighted by Gasteiger charge is 2.34. The molecule has 0 fully saturated rings. The van der Waals surface area contributed by atoms with Crippen LogP contribution >= 0.6 is 0 Å². The number of hydrogen-bond donors (Lipinski definition) is 1. The molecule has 1 aromatic rings. The number of ether oxygens (including phenoxy) is 1. The zero-order chi connectivity index (χ0) is 25.4. The molecule has 0 aliphatic heterocycles. The molecule has 34 heavy (non-hydrogen) atoms. The van der Waals surface area contributed by atoms with E-state index < -0.39 is 35.5 Å². The van der Waals surface area contributed by atoms with E-state index in [1.54, 1.807) is 0 Å². The fraction of sp³-hybridized carbons (Fsp3) is 0.692. The molecule has 0 bridgehead atoms. The van der Waals surface area contributed by atoms with E-state index in [0.717, 1.165) is 25.3 Å². The van der Waals surface area contributed by atoms with Crippen LogP contribution < -0.4 is 5.32 Å². The molecule has 1 atom stereocenters. The lowest BCUT2D eigenvalue weighted by atomic mass is 10.0. The summed E-state index contributed by atoms with van der Waals surface area (Å²) in [5, 5.41) is 2.32. The monoisotopic (exact) mass is 489 g/mol. The normalized spacial score (nSPS) is 12.4. The van der Waals surface area contributed by atoms with Gasteiger partial charge in [-0.15, -0.1) is 0 Å². The maximum Gasteiger partial charge on any atom is 0.419 e. The number of amides is 1. The number of benzene rings is 1. The van der Waals surface area contributed by atoms with Crippen molar-refractivity contribution in [2.75, 3.05) is 6.61 Å². The average Bonchev–Trinajstić information content (AvgIpc) is 2.78. The summed E-state index contributed by atoms with van der Waals surface area (Å²) >= 11 is 0. The fourth-order valence-corrected chi connectivity index (χ4v) is 3.64. The Hall–Kier alpha value is -2.12. The molecule has 1 rings (SSSR count). The third-order valence-electron chi connectivity index (χ3n) is 5.73. The predicted molar refractivity (Wildman–Crippen MR) is 125 cm³/mol. The van der Waals surface area contributed by atoms with Gasteiger partial charge in [-0.05, 0) is 31.5 Å². The number of esters is 1. The largest absolute Gasteiger partial charge is 0.464 e. The molecule has 0 aliphatic rings. The number of halogens is 4. The van der Waals surface area contributed by atoms with Crippen LogP contribution in [0.5, 0.6) is 0 Å². The minimum atomic E-state index is -4.84. The third kappa shape index (κ3) is 12.4. The van der Waals surface area contributed by atoms with Gasteiger partial charge in [0.15, 0.2) is 0 Å². The van der Waals surface area contributed by atoms with Crippen LogP contribution in [0.1, 0.15) is 113 Å². The molecule has 0 saturated carbocycles. The van der Waals surface area contributed by atoms with Crippen molar-refractivity contribution in [2.24, 2.45) is 0 Å². The molecule has 0 radical (unpaired) electrons. The van der Waals surface area contributed by atoms with Crippen LogP contribution in [0.3, 0.4) is 0 Å².